The molecule has 26 heavy (non-hydrogen) atoms. The van der Waals surface area contributed by atoms with Gasteiger partial charge in [-0.2, -0.15) is 0 Å². The quantitative estimate of drug-likeness (QED) is 0.161. The average molecular weight is 449 g/mol. The molecule has 0 amide bonds. The van der Waals surface area contributed by atoms with E-state index in [4.69, 9.17) is 41.2 Å². The van der Waals surface area contributed by atoms with Crippen LogP contribution in [0.4, 0.5) is 0 Å². The van der Waals surface area contributed by atoms with Crippen LogP contribution in [-0.2, 0) is 31.0 Å². The molecule has 0 saturated heterocycles. The molecular weight excluding hydrogens is 412 g/mol. The van der Waals surface area contributed by atoms with E-state index in [1.54, 1.807) is 0 Å². The van der Waals surface area contributed by atoms with Gasteiger partial charge in [0.25, 0.3) is 0 Å². The fourth-order valence-electron chi connectivity index (χ4n) is 2.06. The Kier molecular flexibility index (Phi) is 15.7. The van der Waals surface area contributed by atoms with Crippen LogP contribution < -0.4 is 0 Å². The van der Waals surface area contributed by atoms with Crippen molar-refractivity contribution in [1.29, 1.82) is 0 Å². The van der Waals surface area contributed by atoms with Crippen LogP contribution in [0.15, 0.2) is 0 Å². The molecule has 2 atom stereocenters. The van der Waals surface area contributed by atoms with E-state index in [-0.39, 0.29) is 20.0 Å². The van der Waals surface area contributed by atoms with Crippen LogP contribution in [0.1, 0.15) is 0 Å². The van der Waals surface area contributed by atoms with Crippen molar-refractivity contribution in [2.75, 3.05) is 52.7 Å². The monoisotopic (exact) mass is 448 g/mol. The second-order valence-electron chi connectivity index (χ2n) is 6.14. The van der Waals surface area contributed by atoms with Crippen LogP contribution in [-0.4, -0.2) is 99.0 Å². The van der Waals surface area contributed by atoms with E-state index in [1.165, 1.54) is 0 Å². The van der Waals surface area contributed by atoms with Crippen molar-refractivity contribution in [3.8, 4) is 0 Å². The summed E-state index contributed by atoms with van der Waals surface area (Å²) in [5.41, 5.74) is 0. The third-order valence-corrected chi connectivity index (χ3v) is 14.7. The summed E-state index contributed by atoms with van der Waals surface area (Å²) in [7, 11) is -7.49. The lowest BCUT2D eigenvalue weighted by Crippen LogP contribution is -2.51. The van der Waals surface area contributed by atoms with Crippen LogP contribution >= 0.6 is 0 Å². The first-order valence-corrected chi connectivity index (χ1v) is 18.3. The Balaban J connectivity index is 4.26. The van der Waals surface area contributed by atoms with Gasteiger partial charge in [-0.25, -0.2) is 0 Å². The van der Waals surface area contributed by atoms with Crippen molar-refractivity contribution >= 4 is 36.2 Å². The number of aliphatic hydroxyl groups excluding tert-OH is 2. The molecule has 0 spiro atoms. The molecule has 0 aromatic heterocycles. The fraction of sp³-hybridized carbons (Fsp3) is 1.00. The highest BCUT2D eigenvalue weighted by molar-refractivity contribution is 6.79. The van der Waals surface area contributed by atoms with Crippen molar-refractivity contribution < 1.29 is 41.2 Å². The first kappa shape index (κ1) is 26.5. The topological polar surface area (TPSA) is 105 Å². The number of rotatable bonds is 18. The molecule has 0 rings (SSSR count). The van der Waals surface area contributed by atoms with Gasteiger partial charge in [-0.1, -0.05) is 6.55 Å². The van der Waals surface area contributed by atoms with E-state index in [0.29, 0.717) is 32.7 Å². The maximum absolute atomic E-state index is 8.80. The van der Waals surface area contributed by atoms with Gasteiger partial charge in [-0.3, -0.25) is 0 Å². The summed E-state index contributed by atoms with van der Waals surface area (Å²) >= 11 is 0. The maximum atomic E-state index is 8.80. The molecule has 0 aromatic rings. The molecule has 0 heterocycles. The van der Waals surface area contributed by atoms with Crippen LogP contribution in [0.25, 0.3) is 0 Å². The number of ether oxygens (including phenoxy) is 3. The summed E-state index contributed by atoms with van der Waals surface area (Å²) in [6.07, 6.45) is 0.508. The summed E-state index contributed by atoms with van der Waals surface area (Å²) in [4.78, 5) is 0. The van der Waals surface area contributed by atoms with E-state index in [1.807, 2.05) is 19.6 Å². The van der Waals surface area contributed by atoms with Crippen LogP contribution in [0.3, 0.4) is 0 Å². The van der Waals surface area contributed by atoms with Gasteiger partial charge in [0, 0.05) is 6.55 Å². The molecule has 158 valence electrons. The van der Waals surface area contributed by atoms with Gasteiger partial charge in [0.2, 0.25) is 8.32 Å². The molecule has 0 aliphatic heterocycles. The number of aliphatic hydroxyl groups is 2. The third-order valence-electron chi connectivity index (χ3n) is 2.97. The van der Waals surface area contributed by atoms with Gasteiger partial charge in [0.05, 0.1) is 45.9 Å². The molecule has 0 radical (unpaired) electrons. The zero-order valence-electron chi connectivity index (χ0n) is 16.7. The molecular formula is C13H36O9Si4. The lowest BCUT2D eigenvalue weighted by molar-refractivity contribution is -0.0414. The van der Waals surface area contributed by atoms with Gasteiger partial charge in [-0.05, 0) is 19.6 Å². The Morgan fingerprint density at radius 3 is 2.12 bits per heavy atom. The Morgan fingerprint density at radius 2 is 1.50 bits per heavy atom. The molecule has 0 aromatic carbocycles. The zero-order valence-corrected chi connectivity index (χ0v) is 21.3. The van der Waals surface area contributed by atoms with Crippen LogP contribution in [0.2, 0.25) is 32.7 Å². The van der Waals surface area contributed by atoms with E-state index >= 15 is 0 Å². The predicted octanol–water partition coefficient (Wildman–Crippen LogP) is -0.660. The summed E-state index contributed by atoms with van der Waals surface area (Å²) in [6.45, 7) is 11.4. The van der Waals surface area contributed by atoms with Gasteiger partial charge >= 0.3 is 18.1 Å². The molecule has 9 nitrogen and oxygen atoms in total. The Morgan fingerprint density at radius 1 is 0.885 bits per heavy atom. The van der Waals surface area contributed by atoms with Crippen molar-refractivity contribution in [2.24, 2.45) is 0 Å². The highest BCUT2D eigenvalue weighted by Crippen LogP contribution is 2.15. The number of hydrogen-bond donors (Lipinski definition) is 2. The van der Waals surface area contributed by atoms with E-state index in [0.717, 1.165) is 0 Å². The Hall–Kier alpha value is 0.508. The molecule has 1 unspecified atom stereocenters. The Bertz CT molecular complexity index is 341. The molecule has 0 aliphatic rings. The van der Waals surface area contributed by atoms with Crippen LogP contribution in [0, 0.1) is 0 Å². The first-order chi connectivity index (χ1) is 12.3. The second-order valence-corrected chi connectivity index (χ2v) is 16.7. The summed E-state index contributed by atoms with van der Waals surface area (Å²) < 4.78 is 39.8. The van der Waals surface area contributed by atoms with Gasteiger partial charge in [0.1, 0.15) is 16.6 Å². The minimum Gasteiger partial charge on any atom is -0.437 e. The van der Waals surface area contributed by atoms with Gasteiger partial charge in [0.15, 0.2) is 0 Å². The third kappa shape index (κ3) is 14.6. The SMILES string of the molecule is C[SiH2]O[Si@](C)(OCOCCOCCO)O[SiH](C)O[Si](C)(C)COCCO. The van der Waals surface area contributed by atoms with E-state index in [9.17, 15) is 0 Å². The number of hydrogen-bond acceptors (Lipinski definition) is 9. The van der Waals surface area contributed by atoms with E-state index < -0.39 is 36.2 Å². The maximum Gasteiger partial charge on any atom is 0.479 e. The lowest BCUT2D eigenvalue weighted by atomic mass is 10.7. The summed E-state index contributed by atoms with van der Waals surface area (Å²) in [5, 5.41) is 17.4. The standard InChI is InChI=1S/C13H36O9Si4/c1-23-20-26(5,19-12-17-11-10-16-8-6-14)22-24(2)21-25(3,4)13-18-9-7-15/h14-15,24H,6-13,23H2,1-5H3/t24?,26-/m0/s1. The minimum atomic E-state index is -2.79. The summed E-state index contributed by atoms with van der Waals surface area (Å²) in [5.74, 6) is 0. The highest BCUT2D eigenvalue weighted by atomic mass is 28.5. The Labute approximate surface area is 163 Å². The van der Waals surface area contributed by atoms with Gasteiger partial charge < -0.3 is 41.2 Å². The highest BCUT2D eigenvalue weighted by Gasteiger charge is 2.38. The zero-order chi connectivity index (χ0) is 19.9. The lowest BCUT2D eigenvalue weighted by Gasteiger charge is -2.32. The molecule has 13 heteroatoms. The molecule has 2 N–H and O–H groups in total. The van der Waals surface area contributed by atoms with Crippen molar-refractivity contribution in [3.05, 3.63) is 0 Å². The molecule has 0 bridgehead atoms. The van der Waals surface area contributed by atoms with Crippen molar-refractivity contribution in [2.45, 2.75) is 32.7 Å². The van der Waals surface area contributed by atoms with Gasteiger partial charge in [-0.15, -0.1) is 0 Å². The first-order valence-electron chi connectivity index (χ1n) is 8.87. The summed E-state index contributed by atoms with van der Waals surface area (Å²) in [6, 6.07) is 0. The minimum absolute atomic E-state index is 0.00247. The van der Waals surface area contributed by atoms with E-state index in [2.05, 4.69) is 13.1 Å². The molecule has 0 saturated carbocycles. The fourth-order valence-corrected chi connectivity index (χ4v) is 13.5. The normalized spacial score (nSPS) is 16.3. The van der Waals surface area contributed by atoms with Crippen molar-refractivity contribution in [1.82, 2.24) is 0 Å². The predicted molar refractivity (Wildman–Crippen MR) is 107 cm³/mol. The molecule has 0 fully saturated rings. The smallest absolute Gasteiger partial charge is 0.437 e. The average Bonchev–Trinajstić information content (AvgIpc) is 2.53. The van der Waals surface area contributed by atoms with Crippen LogP contribution in [0.5, 0.6) is 0 Å². The molecule has 0 aliphatic carbocycles. The van der Waals surface area contributed by atoms with Crippen molar-refractivity contribution in [3.63, 3.8) is 0 Å². The largest absolute Gasteiger partial charge is 0.479 e. The second kappa shape index (κ2) is 15.4.